The van der Waals surface area contributed by atoms with Gasteiger partial charge in [0.05, 0.1) is 11.1 Å². The van der Waals surface area contributed by atoms with E-state index in [1.807, 2.05) is 12.2 Å². The van der Waals surface area contributed by atoms with Gasteiger partial charge in [0.25, 0.3) is 0 Å². The fourth-order valence-electron chi connectivity index (χ4n) is 3.02. The molecule has 0 aliphatic carbocycles. The monoisotopic (exact) mass is 273 g/mol. The zero-order chi connectivity index (χ0) is 15.1. The molecule has 1 heterocycles. The summed E-state index contributed by atoms with van der Waals surface area (Å²) in [5.74, 6) is 0. The quantitative estimate of drug-likeness (QED) is 0.628. The maximum atomic E-state index is 11.2. The van der Waals surface area contributed by atoms with E-state index in [1.165, 1.54) is 0 Å². The van der Waals surface area contributed by atoms with Crippen molar-refractivity contribution in [1.82, 2.24) is 5.32 Å². The number of hydrogen-bond donors (Lipinski definition) is 2. The Morgan fingerprint density at radius 2 is 1.80 bits per heavy atom. The maximum absolute atomic E-state index is 11.2. The summed E-state index contributed by atoms with van der Waals surface area (Å²) in [7, 11) is 0. The Kier molecular flexibility index (Phi) is 6.18. The van der Waals surface area contributed by atoms with Gasteiger partial charge in [-0.3, -0.25) is 0 Å². The lowest BCUT2D eigenvalue weighted by Gasteiger charge is -2.49. The third kappa shape index (κ3) is 3.38. The fraction of sp³-hybridized carbons (Fsp3) is 0.444. The molecule has 110 valence electrons. The van der Waals surface area contributed by atoms with Crippen LogP contribution in [0.15, 0.2) is 62.8 Å². The summed E-state index contributed by atoms with van der Waals surface area (Å²) >= 11 is 0. The highest BCUT2D eigenvalue weighted by atomic mass is 16.3. The molecule has 0 spiro atoms. The van der Waals surface area contributed by atoms with E-state index in [1.54, 1.807) is 12.2 Å². The van der Waals surface area contributed by atoms with Crippen molar-refractivity contribution in [3.63, 3.8) is 0 Å². The Balaban J connectivity index is 3.16. The van der Waals surface area contributed by atoms with Crippen LogP contribution < -0.4 is 5.32 Å². The van der Waals surface area contributed by atoms with E-state index < -0.39 is 11.1 Å². The molecule has 1 rings (SSSR count). The van der Waals surface area contributed by atoms with Crippen LogP contribution >= 0.6 is 0 Å². The predicted octanol–water partition coefficient (Wildman–Crippen LogP) is 3.68. The number of rotatable bonds is 9. The largest absolute Gasteiger partial charge is 0.387 e. The minimum absolute atomic E-state index is 0.290. The molecule has 2 nitrogen and oxygen atoms in total. The predicted molar refractivity (Wildman–Crippen MR) is 87.6 cm³/mol. The highest BCUT2D eigenvalue weighted by molar-refractivity contribution is 5.25. The molecule has 1 aliphatic heterocycles. The van der Waals surface area contributed by atoms with Crippen LogP contribution in [0.1, 0.15) is 32.1 Å². The van der Waals surface area contributed by atoms with Crippen molar-refractivity contribution in [1.29, 1.82) is 0 Å². The second-order valence-corrected chi connectivity index (χ2v) is 5.49. The molecule has 2 N–H and O–H groups in total. The highest BCUT2D eigenvalue weighted by Gasteiger charge is 2.47. The van der Waals surface area contributed by atoms with Gasteiger partial charge in [0.2, 0.25) is 0 Å². The summed E-state index contributed by atoms with van der Waals surface area (Å²) in [6.07, 6.45) is 15.0. The average molecular weight is 273 g/mol. The first kappa shape index (κ1) is 16.7. The van der Waals surface area contributed by atoms with Crippen LogP contribution in [0.4, 0.5) is 0 Å². The van der Waals surface area contributed by atoms with E-state index in [2.05, 4.69) is 43.8 Å². The van der Waals surface area contributed by atoms with Gasteiger partial charge in [0.1, 0.15) is 0 Å². The fourth-order valence-corrected chi connectivity index (χ4v) is 3.02. The first-order valence-corrected chi connectivity index (χ1v) is 7.19. The van der Waals surface area contributed by atoms with Crippen molar-refractivity contribution in [2.45, 2.75) is 49.3 Å². The molecule has 0 radical (unpaired) electrons. The van der Waals surface area contributed by atoms with Gasteiger partial charge in [-0.05, 0) is 32.1 Å². The van der Waals surface area contributed by atoms with Crippen molar-refractivity contribution < 1.29 is 5.11 Å². The van der Waals surface area contributed by atoms with Gasteiger partial charge in [-0.25, -0.2) is 0 Å². The molecule has 0 aromatic rings. The van der Waals surface area contributed by atoms with Crippen LogP contribution in [0.5, 0.6) is 0 Å². The summed E-state index contributed by atoms with van der Waals surface area (Å²) in [4.78, 5) is 0. The van der Waals surface area contributed by atoms with E-state index in [4.69, 9.17) is 0 Å². The Morgan fingerprint density at radius 1 is 1.15 bits per heavy atom. The molecule has 0 saturated heterocycles. The lowest BCUT2D eigenvalue weighted by molar-refractivity contribution is -0.0333. The SMILES string of the molecule is C=CC[C@H]1CC=C[C@@](CC=C)(C(O)(CC=C)CC=C)N1. The van der Waals surface area contributed by atoms with E-state index in [0.29, 0.717) is 25.3 Å². The Bertz CT molecular complexity index is 386. The standard InChI is InChI=1S/C18H27NO/c1-5-10-16-11-9-15-17(19-16,12-6-2)18(20,13-7-3)14-8-4/h5-9,15-16,19-20H,1-4,10-14H2/t16-,17-/m0/s1. The lowest BCUT2D eigenvalue weighted by atomic mass is 9.70. The molecule has 0 fully saturated rings. The molecule has 0 aromatic carbocycles. The van der Waals surface area contributed by atoms with Crippen LogP contribution in [0.25, 0.3) is 0 Å². The van der Waals surface area contributed by atoms with Gasteiger partial charge in [-0.2, -0.15) is 0 Å². The van der Waals surface area contributed by atoms with Crippen molar-refractivity contribution >= 4 is 0 Å². The topological polar surface area (TPSA) is 32.3 Å². The third-order valence-electron chi connectivity index (χ3n) is 4.00. The van der Waals surface area contributed by atoms with Gasteiger partial charge in [0, 0.05) is 6.04 Å². The van der Waals surface area contributed by atoms with Crippen molar-refractivity contribution in [2.24, 2.45) is 0 Å². The van der Waals surface area contributed by atoms with Gasteiger partial charge < -0.3 is 10.4 Å². The molecule has 0 unspecified atom stereocenters. The van der Waals surface area contributed by atoms with Crippen molar-refractivity contribution in [3.8, 4) is 0 Å². The third-order valence-corrected chi connectivity index (χ3v) is 4.00. The van der Waals surface area contributed by atoms with E-state index in [0.717, 1.165) is 12.8 Å². The molecule has 2 heteroatoms. The van der Waals surface area contributed by atoms with Gasteiger partial charge in [-0.1, -0.05) is 36.5 Å². The Labute approximate surface area is 123 Å². The highest BCUT2D eigenvalue weighted by Crippen LogP contribution is 2.37. The van der Waals surface area contributed by atoms with Crippen molar-refractivity contribution in [2.75, 3.05) is 0 Å². The summed E-state index contributed by atoms with van der Waals surface area (Å²) in [6.45, 7) is 15.2. The Hall–Kier alpha value is -1.38. The minimum Gasteiger partial charge on any atom is -0.387 e. The molecular formula is C18H27NO. The molecular weight excluding hydrogens is 246 g/mol. The summed E-state index contributed by atoms with van der Waals surface area (Å²) in [5, 5.41) is 14.8. The molecule has 1 aliphatic rings. The summed E-state index contributed by atoms with van der Waals surface area (Å²) < 4.78 is 0. The summed E-state index contributed by atoms with van der Waals surface area (Å²) in [6, 6.07) is 0.290. The van der Waals surface area contributed by atoms with Gasteiger partial charge >= 0.3 is 0 Å². The normalized spacial score (nSPS) is 25.9. The first-order valence-electron chi connectivity index (χ1n) is 7.19. The first-order chi connectivity index (χ1) is 9.57. The Morgan fingerprint density at radius 3 is 2.30 bits per heavy atom. The summed E-state index contributed by atoms with van der Waals surface area (Å²) in [5.41, 5.74) is -1.47. The molecule has 0 bridgehead atoms. The molecule has 0 amide bonds. The zero-order valence-electron chi connectivity index (χ0n) is 12.4. The number of aliphatic hydroxyl groups is 1. The van der Waals surface area contributed by atoms with Crippen molar-refractivity contribution in [3.05, 3.63) is 62.8 Å². The second kappa shape index (κ2) is 7.41. The molecule has 20 heavy (non-hydrogen) atoms. The molecule has 0 aromatic heterocycles. The van der Waals surface area contributed by atoms with Crippen LogP contribution in [-0.4, -0.2) is 22.3 Å². The second-order valence-electron chi connectivity index (χ2n) is 5.49. The van der Waals surface area contributed by atoms with Gasteiger partial charge in [-0.15, -0.1) is 26.3 Å². The van der Waals surface area contributed by atoms with Crippen LogP contribution in [0.2, 0.25) is 0 Å². The lowest BCUT2D eigenvalue weighted by Crippen LogP contribution is -2.65. The molecule has 0 saturated carbocycles. The number of hydrogen-bond acceptors (Lipinski definition) is 2. The number of nitrogens with one attached hydrogen (secondary N) is 1. The van der Waals surface area contributed by atoms with Crippen LogP contribution in [0, 0.1) is 0 Å². The molecule has 2 atom stereocenters. The zero-order valence-corrected chi connectivity index (χ0v) is 12.4. The smallest absolute Gasteiger partial charge is 0.0935 e. The average Bonchev–Trinajstić information content (AvgIpc) is 2.40. The van der Waals surface area contributed by atoms with E-state index >= 15 is 0 Å². The maximum Gasteiger partial charge on any atom is 0.0935 e. The van der Waals surface area contributed by atoms with Crippen LogP contribution in [-0.2, 0) is 0 Å². The van der Waals surface area contributed by atoms with Gasteiger partial charge in [0.15, 0.2) is 0 Å². The minimum atomic E-state index is -0.943. The van der Waals surface area contributed by atoms with E-state index in [-0.39, 0.29) is 0 Å². The van der Waals surface area contributed by atoms with E-state index in [9.17, 15) is 5.11 Å². The van der Waals surface area contributed by atoms with Crippen LogP contribution in [0.3, 0.4) is 0 Å².